The van der Waals surface area contributed by atoms with Crippen molar-refractivity contribution in [1.29, 1.82) is 0 Å². The molecule has 2 aromatic rings. The lowest BCUT2D eigenvalue weighted by atomic mass is 10.1. The highest BCUT2D eigenvalue weighted by molar-refractivity contribution is 7.89. The van der Waals surface area contributed by atoms with E-state index in [0.29, 0.717) is 12.8 Å². The minimum Gasteiger partial charge on any atom is -0.497 e. The summed E-state index contributed by atoms with van der Waals surface area (Å²) in [5.74, 6) is 0.723. The maximum atomic E-state index is 12.2. The van der Waals surface area contributed by atoms with Crippen LogP contribution >= 0.6 is 0 Å². The summed E-state index contributed by atoms with van der Waals surface area (Å²) in [6, 6.07) is 14.1. The molecule has 2 aromatic carbocycles. The Morgan fingerprint density at radius 3 is 2.19 bits per heavy atom. The van der Waals surface area contributed by atoms with Gasteiger partial charge in [-0.1, -0.05) is 24.3 Å². The Morgan fingerprint density at radius 1 is 1.07 bits per heavy atom. The van der Waals surface area contributed by atoms with Crippen molar-refractivity contribution in [2.75, 3.05) is 21.2 Å². The first kappa shape index (κ1) is 20.9. The van der Waals surface area contributed by atoms with Crippen molar-refractivity contribution in [3.8, 4) is 5.75 Å². The van der Waals surface area contributed by atoms with E-state index in [9.17, 15) is 13.2 Å². The minimum absolute atomic E-state index is 0.0525. The number of hydrogen-bond donors (Lipinski definition) is 1. The number of benzene rings is 2. The molecule has 0 saturated carbocycles. The molecule has 0 bridgehead atoms. The summed E-state index contributed by atoms with van der Waals surface area (Å²) in [5.41, 5.74) is 1.92. The molecular weight excluding hydrogens is 364 g/mol. The number of sulfonamides is 1. The van der Waals surface area contributed by atoms with Gasteiger partial charge in [0.25, 0.3) is 0 Å². The molecule has 1 atom stereocenters. The third-order valence-electron chi connectivity index (χ3n) is 4.34. The lowest BCUT2D eigenvalue weighted by Gasteiger charge is -2.15. The van der Waals surface area contributed by atoms with Gasteiger partial charge in [-0.2, -0.15) is 0 Å². The van der Waals surface area contributed by atoms with Gasteiger partial charge in [-0.25, -0.2) is 12.7 Å². The molecule has 0 aliphatic heterocycles. The number of methoxy groups -OCH3 is 1. The van der Waals surface area contributed by atoms with Crippen molar-refractivity contribution >= 4 is 15.9 Å². The molecule has 0 heterocycles. The summed E-state index contributed by atoms with van der Waals surface area (Å²) in [7, 11) is 1.18. The molecule has 6 nitrogen and oxygen atoms in total. The molecule has 0 spiro atoms. The van der Waals surface area contributed by atoms with Gasteiger partial charge in [-0.05, 0) is 48.7 Å². The molecule has 1 N–H and O–H groups in total. The van der Waals surface area contributed by atoms with Gasteiger partial charge >= 0.3 is 0 Å². The normalized spacial score (nSPS) is 12.6. The van der Waals surface area contributed by atoms with Crippen LogP contribution in [0.2, 0.25) is 0 Å². The number of aryl methyl sites for hydroxylation is 1. The summed E-state index contributed by atoms with van der Waals surface area (Å²) >= 11 is 0. The number of nitrogens with zero attached hydrogens (tertiary/aromatic N) is 1. The smallest absolute Gasteiger partial charge is 0.242 e. The molecule has 0 aliphatic carbocycles. The van der Waals surface area contributed by atoms with Crippen molar-refractivity contribution in [2.45, 2.75) is 30.7 Å². The van der Waals surface area contributed by atoms with Crippen LogP contribution < -0.4 is 10.1 Å². The lowest BCUT2D eigenvalue weighted by Crippen LogP contribution is -2.26. The highest BCUT2D eigenvalue weighted by atomic mass is 32.2. The molecule has 1 amide bonds. The van der Waals surface area contributed by atoms with Crippen LogP contribution in [-0.2, 0) is 21.2 Å². The van der Waals surface area contributed by atoms with Gasteiger partial charge < -0.3 is 10.1 Å². The van der Waals surface area contributed by atoms with Crippen LogP contribution in [0, 0.1) is 0 Å². The molecule has 0 aliphatic rings. The topological polar surface area (TPSA) is 75.7 Å². The van der Waals surface area contributed by atoms with E-state index in [1.54, 1.807) is 31.4 Å². The second-order valence-corrected chi connectivity index (χ2v) is 8.65. The van der Waals surface area contributed by atoms with Crippen LogP contribution in [0.5, 0.6) is 5.75 Å². The van der Waals surface area contributed by atoms with E-state index >= 15 is 0 Å². The van der Waals surface area contributed by atoms with Crippen molar-refractivity contribution in [3.05, 3.63) is 59.7 Å². The SMILES string of the molecule is COc1ccc([C@@H](C)NC(=O)CCc2ccc(S(=O)(=O)N(C)C)cc2)cc1. The first-order valence-electron chi connectivity index (χ1n) is 8.69. The third-order valence-corrected chi connectivity index (χ3v) is 6.17. The Labute approximate surface area is 161 Å². The standard InChI is InChI=1S/C20H26N2O4S/c1-15(17-8-10-18(26-4)11-9-17)21-20(23)14-7-16-5-12-19(13-6-16)27(24,25)22(2)3/h5-6,8-13,15H,7,14H2,1-4H3,(H,21,23)/t15-/m1/s1. The average molecular weight is 391 g/mol. The maximum Gasteiger partial charge on any atom is 0.242 e. The fraction of sp³-hybridized carbons (Fsp3) is 0.350. The molecule has 146 valence electrons. The van der Waals surface area contributed by atoms with Crippen LogP contribution in [0.1, 0.15) is 30.5 Å². The van der Waals surface area contributed by atoms with E-state index in [0.717, 1.165) is 16.9 Å². The van der Waals surface area contributed by atoms with Crippen LogP contribution in [0.4, 0.5) is 0 Å². The maximum absolute atomic E-state index is 12.2. The fourth-order valence-electron chi connectivity index (χ4n) is 2.59. The van der Waals surface area contributed by atoms with Gasteiger partial charge in [-0.15, -0.1) is 0 Å². The zero-order chi connectivity index (χ0) is 20.0. The summed E-state index contributed by atoms with van der Waals surface area (Å²) in [5, 5.41) is 2.97. The van der Waals surface area contributed by atoms with Crippen LogP contribution in [0.3, 0.4) is 0 Å². The second kappa shape index (κ2) is 9.01. The van der Waals surface area contributed by atoms with Gasteiger partial charge in [0.2, 0.25) is 15.9 Å². The highest BCUT2D eigenvalue weighted by Crippen LogP contribution is 2.18. The summed E-state index contributed by atoms with van der Waals surface area (Å²) in [4.78, 5) is 12.4. The number of hydrogen-bond acceptors (Lipinski definition) is 4. The zero-order valence-electron chi connectivity index (χ0n) is 16.1. The molecule has 0 fully saturated rings. The second-order valence-electron chi connectivity index (χ2n) is 6.49. The first-order chi connectivity index (χ1) is 12.7. The fourth-order valence-corrected chi connectivity index (χ4v) is 3.49. The van der Waals surface area contributed by atoms with E-state index in [2.05, 4.69) is 5.32 Å². The van der Waals surface area contributed by atoms with Crippen molar-refractivity contribution in [1.82, 2.24) is 9.62 Å². The molecule has 0 radical (unpaired) electrons. The summed E-state index contributed by atoms with van der Waals surface area (Å²) in [6.45, 7) is 1.93. The molecular formula is C20H26N2O4S. The third kappa shape index (κ3) is 5.55. The number of amides is 1. The van der Waals surface area contributed by atoms with Gasteiger partial charge in [-0.3, -0.25) is 4.79 Å². The molecule has 0 saturated heterocycles. The average Bonchev–Trinajstić information content (AvgIpc) is 2.66. The van der Waals surface area contributed by atoms with E-state index in [1.165, 1.54) is 18.4 Å². The first-order valence-corrected chi connectivity index (χ1v) is 10.1. The summed E-state index contributed by atoms with van der Waals surface area (Å²) < 4.78 is 30.4. The lowest BCUT2D eigenvalue weighted by molar-refractivity contribution is -0.121. The van der Waals surface area contributed by atoms with Crippen molar-refractivity contribution in [2.24, 2.45) is 0 Å². The van der Waals surface area contributed by atoms with Gasteiger partial charge in [0.15, 0.2) is 0 Å². The van der Waals surface area contributed by atoms with Gasteiger partial charge in [0.05, 0.1) is 18.0 Å². The molecule has 2 rings (SSSR count). The number of nitrogens with one attached hydrogen (secondary N) is 1. The highest BCUT2D eigenvalue weighted by Gasteiger charge is 2.16. The molecule has 0 unspecified atom stereocenters. The molecule has 7 heteroatoms. The van der Waals surface area contributed by atoms with Crippen molar-refractivity contribution < 1.29 is 17.9 Å². The summed E-state index contributed by atoms with van der Waals surface area (Å²) in [6.07, 6.45) is 0.879. The predicted molar refractivity (Wildman–Crippen MR) is 105 cm³/mol. The molecule has 27 heavy (non-hydrogen) atoms. The quantitative estimate of drug-likeness (QED) is 0.752. The Balaban J connectivity index is 1.89. The van der Waals surface area contributed by atoms with E-state index in [-0.39, 0.29) is 16.8 Å². The number of rotatable bonds is 8. The minimum atomic E-state index is -3.43. The van der Waals surface area contributed by atoms with Crippen LogP contribution in [0.25, 0.3) is 0 Å². The van der Waals surface area contributed by atoms with Gasteiger partial charge in [0, 0.05) is 20.5 Å². The molecule has 0 aromatic heterocycles. The number of ether oxygens (including phenoxy) is 1. The Kier molecular flexibility index (Phi) is 6.98. The van der Waals surface area contributed by atoms with Crippen LogP contribution in [-0.4, -0.2) is 39.8 Å². The monoisotopic (exact) mass is 390 g/mol. The Bertz CT molecular complexity index is 860. The van der Waals surface area contributed by atoms with Gasteiger partial charge in [0.1, 0.15) is 5.75 Å². The van der Waals surface area contributed by atoms with Crippen molar-refractivity contribution in [3.63, 3.8) is 0 Å². The van der Waals surface area contributed by atoms with E-state index in [1.807, 2.05) is 31.2 Å². The number of carbonyl (C=O) groups excluding carboxylic acids is 1. The Hall–Kier alpha value is -2.38. The van der Waals surface area contributed by atoms with E-state index < -0.39 is 10.0 Å². The van der Waals surface area contributed by atoms with Crippen LogP contribution in [0.15, 0.2) is 53.4 Å². The largest absolute Gasteiger partial charge is 0.497 e. The zero-order valence-corrected chi connectivity index (χ0v) is 16.9. The Morgan fingerprint density at radius 2 is 1.67 bits per heavy atom. The predicted octanol–water partition coefficient (Wildman–Crippen LogP) is 2.76. The number of carbonyl (C=O) groups is 1. The van der Waals surface area contributed by atoms with E-state index in [4.69, 9.17) is 4.74 Å².